The minimum Gasteiger partial charge on any atom is -0.335 e. The molecule has 3 amide bonds. The van der Waals surface area contributed by atoms with Crippen LogP contribution in [0.3, 0.4) is 0 Å². The highest BCUT2D eigenvalue weighted by Crippen LogP contribution is 2.40. The second-order valence-electron chi connectivity index (χ2n) is 33.2. The number of imidazole rings is 4. The van der Waals surface area contributed by atoms with Crippen molar-refractivity contribution in [1.29, 1.82) is 0 Å². The number of nitrogens with zero attached hydrogens (tertiary/aromatic N) is 21. The second-order valence-corrected chi connectivity index (χ2v) is 35.2. The molecule has 142 heavy (non-hydrogen) atoms. The highest BCUT2D eigenvalue weighted by Gasteiger charge is 2.25. The van der Waals surface area contributed by atoms with E-state index in [1.165, 1.54) is 12.5 Å². The molecule has 4 aromatic carbocycles. The molecule has 0 saturated heterocycles. The first-order valence-electron chi connectivity index (χ1n) is 44.9. The number of aromatic amines is 8. The average molecular weight is 1890 g/mol. The molecule has 0 atom stereocenters. The Hall–Kier alpha value is -19.5. The highest BCUT2D eigenvalue weighted by molar-refractivity contribution is 7.92. The van der Waals surface area contributed by atoms with Crippen LogP contribution in [-0.4, -0.2) is 177 Å². The molecule has 694 valence electrons. The van der Waals surface area contributed by atoms with Crippen molar-refractivity contribution in [2.75, 3.05) is 26.4 Å². The van der Waals surface area contributed by atoms with E-state index >= 15 is 0 Å². The van der Waals surface area contributed by atoms with Crippen molar-refractivity contribution in [3.8, 4) is 135 Å². The zero-order valence-electron chi connectivity index (χ0n) is 76.2. The summed E-state index contributed by atoms with van der Waals surface area (Å²) in [6.07, 6.45) is 43.9. The molecule has 0 aliphatic rings. The summed E-state index contributed by atoms with van der Waals surface area (Å²) in [6.45, 7) is 8.92. The van der Waals surface area contributed by atoms with Crippen LogP contribution in [0.15, 0.2) is 289 Å². The predicted octanol–water partition coefficient (Wildman–Crippen LogP) is 18.9. The van der Waals surface area contributed by atoms with E-state index in [-0.39, 0.29) is 29.4 Å². The van der Waals surface area contributed by atoms with Gasteiger partial charge in [-0.2, -0.15) is 20.4 Å². The van der Waals surface area contributed by atoms with Gasteiger partial charge in [-0.1, -0.05) is 70.2 Å². The molecule has 0 aliphatic heterocycles. The van der Waals surface area contributed by atoms with E-state index in [0.29, 0.717) is 81.7 Å². The molecular weight excluding hydrogens is 1810 g/mol. The average Bonchev–Trinajstić information content (AvgIpc) is 1.63. The van der Waals surface area contributed by atoms with Gasteiger partial charge in [0.25, 0.3) is 0 Å². The van der Waals surface area contributed by atoms with E-state index in [2.05, 4.69) is 146 Å². The zero-order valence-corrected chi connectivity index (χ0v) is 77.0. The maximum absolute atomic E-state index is 12.1. The van der Waals surface area contributed by atoms with Crippen LogP contribution < -0.4 is 20.7 Å². The summed E-state index contributed by atoms with van der Waals surface area (Å²) in [5, 5.41) is 42.7. The number of rotatable bonds is 21. The maximum atomic E-state index is 12.1. The van der Waals surface area contributed by atoms with Gasteiger partial charge in [-0.25, -0.2) is 38.3 Å². The minimum absolute atomic E-state index is 0.0168. The first-order chi connectivity index (χ1) is 69.4. The van der Waals surface area contributed by atoms with Gasteiger partial charge in [0, 0.05) is 206 Å². The Morgan fingerprint density at radius 2 is 0.585 bits per heavy atom. The van der Waals surface area contributed by atoms with E-state index in [1.807, 2.05) is 155 Å². The molecule has 0 aliphatic carbocycles. The van der Waals surface area contributed by atoms with Crippen LogP contribution >= 0.6 is 0 Å². The van der Waals surface area contributed by atoms with Crippen LogP contribution in [0.2, 0.25) is 0 Å². The molecule has 20 aromatic heterocycles. The molecule has 0 bridgehead atoms. The lowest BCUT2D eigenvalue weighted by Crippen LogP contribution is -2.17. The van der Waals surface area contributed by atoms with Gasteiger partial charge in [0.1, 0.15) is 51.2 Å². The molecule has 12 N–H and O–H groups in total. The fraction of sp³-hybridized carbons (Fsp3) is 0.0874. The van der Waals surface area contributed by atoms with Crippen LogP contribution in [0, 0.1) is 5.92 Å². The summed E-state index contributed by atoms with van der Waals surface area (Å²) < 4.78 is 26.5. The number of aromatic nitrogens is 29. The number of fused-ring (bicyclic) bond motifs is 8. The second kappa shape index (κ2) is 38.7. The molecule has 0 spiro atoms. The fourth-order valence-corrected chi connectivity index (χ4v) is 16.8. The molecule has 38 nitrogen and oxygen atoms in total. The summed E-state index contributed by atoms with van der Waals surface area (Å²) in [6, 6.07) is 43.0. The largest absolute Gasteiger partial charge is 0.335 e. The summed E-state index contributed by atoms with van der Waals surface area (Å²) >= 11 is 0. The Labute approximate surface area is 805 Å². The van der Waals surface area contributed by atoms with Crippen molar-refractivity contribution < 1.29 is 22.8 Å². The lowest BCUT2D eigenvalue weighted by Gasteiger charge is -2.09. The first kappa shape index (κ1) is 89.1. The van der Waals surface area contributed by atoms with E-state index in [0.717, 1.165) is 177 Å². The van der Waals surface area contributed by atoms with Crippen molar-refractivity contribution in [2.24, 2.45) is 5.92 Å². The van der Waals surface area contributed by atoms with Crippen LogP contribution in [0.1, 0.15) is 47.5 Å². The van der Waals surface area contributed by atoms with Crippen molar-refractivity contribution in [1.82, 2.24) is 145 Å². The smallest absolute Gasteiger partial charge is 0.232 e. The third kappa shape index (κ3) is 18.6. The monoisotopic (exact) mass is 1890 g/mol. The van der Waals surface area contributed by atoms with Gasteiger partial charge >= 0.3 is 0 Å². The summed E-state index contributed by atoms with van der Waals surface area (Å²) in [5.41, 5.74) is 29.3. The molecule has 39 heteroatoms. The van der Waals surface area contributed by atoms with Crippen LogP contribution in [0.5, 0.6) is 0 Å². The molecule has 0 saturated carbocycles. The summed E-state index contributed by atoms with van der Waals surface area (Å²) in [5.74, 6) is 2.22. The summed E-state index contributed by atoms with van der Waals surface area (Å²) in [7, 11) is -3.40. The van der Waals surface area contributed by atoms with Gasteiger partial charge in [-0.3, -0.25) is 94.3 Å². The number of hydrogen-bond acceptors (Lipinski definition) is 26. The zero-order chi connectivity index (χ0) is 96.9. The fourth-order valence-electron chi connectivity index (χ4n) is 16.2. The van der Waals surface area contributed by atoms with E-state index in [9.17, 15) is 22.8 Å². The van der Waals surface area contributed by atoms with Crippen LogP contribution in [0.4, 0.5) is 22.7 Å². The first-order valence-corrected chi connectivity index (χ1v) is 46.6. The molecule has 0 fully saturated rings. The number of sulfonamides is 1. The molecule has 0 radical (unpaired) electrons. The van der Waals surface area contributed by atoms with Crippen molar-refractivity contribution in [3.63, 3.8) is 0 Å². The number of amides is 3. The highest BCUT2D eigenvalue weighted by atomic mass is 32.2. The Balaban J connectivity index is 0.000000112. The quantitative estimate of drug-likeness (QED) is 0.0318. The van der Waals surface area contributed by atoms with E-state index in [1.54, 1.807) is 156 Å². The van der Waals surface area contributed by atoms with E-state index in [4.69, 9.17) is 19.9 Å². The van der Waals surface area contributed by atoms with Gasteiger partial charge in [-0.15, -0.1) is 0 Å². The molecule has 24 rings (SSSR count). The number of anilines is 4. The lowest BCUT2D eigenvalue weighted by atomic mass is 10.0. The summed E-state index contributed by atoms with van der Waals surface area (Å²) in [4.78, 5) is 124. The van der Waals surface area contributed by atoms with Crippen molar-refractivity contribution >= 4 is 138 Å². The van der Waals surface area contributed by atoms with Gasteiger partial charge < -0.3 is 35.9 Å². The number of pyridine rings is 11. The number of carbonyl (C=O) groups excluding carboxylic acids is 3. The Kier molecular flexibility index (Phi) is 24.3. The number of benzene rings is 4. The van der Waals surface area contributed by atoms with Gasteiger partial charge in [0.05, 0.1) is 122 Å². The number of H-pyrrole nitrogens is 8. The van der Waals surface area contributed by atoms with Crippen LogP contribution in [-0.2, 0) is 24.4 Å². The van der Waals surface area contributed by atoms with Crippen molar-refractivity contribution in [3.05, 3.63) is 289 Å². The van der Waals surface area contributed by atoms with Crippen LogP contribution in [0.25, 0.3) is 223 Å². The molecule has 0 unspecified atom stereocenters. The SMILES string of the molecule is CC(C)C(=O)Nc1cncc(-c2ccc3[nH]nc(-c4nc5c(-c6cccnc6)cncc5[nH]4)c3c2)c1.CCC(=O)Nc1cncc(-c2ccc3[nH]nc(-c4nc5c(-c6cccnc6)cncc5[nH]4)c3c2)c1.CCC(=O)Nc1cncc(-c2ccc3[nH]nc(-c4nc5c(-c6cncnc6)cncc5[nH]4)c3c2)c1.CCS(=O)(=O)Nc1cncc(-c2ccc3[nH]nc(-c4nc5c(-c6cccnc6)cncc5[nH]4)c3c2)c1. The van der Waals surface area contributed by atoms with Gasteiger partial charge in [0.2, 0.25) is 27.7 Å². The molecular formula is C103H81N33O5S. The van der Waals surface area contributed by atoms with Crippen molar-refractivity contribution in [2.45, 2.75) is 47.5 Å². The van der Waals surface area contributed by atoms with E-state index < -0.39 is 10.0 Å². The number of nitrogens with one attached hydrogen (secondary N) is 12. The topological polar surface area (TPSA) is 530 Å². The van der Waals surface area contributed by atoms with Gasteiger partial charge in [0.15, 0.2) is 23.3 Å². The third-order valence-electron chi connectivity index (χ3n) is 23.5. The maximum Gasteiger partial charge on any atom is 0.232 e. The Bertz CT molecular complexity index is 8740. The number of hydrogen-bond donors (Lipinski definition) is 12. The Morgan fingerprint density at radius 3 is 0.887 bits per heavy atom. The lowest BCUT2D eigenvalue weighted by molar-refractivity contribution is -0.119. The van der Waals surface area contributed by atoms with Gasteiger partial charge in [-0.05, 0) is 120 Å². The molecule has 20 heterocycles. The Morgan fingerprint density at radius 1 is 0.296 bits per heavy atom. The third-order valence-corrected chi connectivity index (χ3v) is 24.8. The minimum atomic E-state index is -3.40. The molecule has 24 aromatic rings. The number of carbonyl (C=O) groups is 3. The standard InChI is InChI=1S/C27H22N8O.C26H20N8O.C25H19N9O.C25H20N8O2S/c1-15(2)27(36)31-19-8-18(11-29-12-19)16-5-6-22-20(9-16)25(35-34-22)26-32-23-14-30-13-21(24(23)33-26)17-4-3-7-28-10-17;1-2-23(35)30-18-8-17(11-28-12-18)15-5-6-21-19(9-15)25(34-33-21)26-31-22-14-29-13-20(24(22)32-26)16-4-3-7-27-10-16;1-2-22(35)30-17-5-15(7-26-10-17)14-3-4-20-18(6-14)24(34-33-20)25-31-21-12-27-11-19(23(21)32-25)16-8-28-13-29-9-16;1-2-36(34,35)33-18-8-17(11-27-12-18)15-5-6-21-19(9-15)24(32-31-21)25-29-22-14-28-13-20(23(22)30-25)16-4-3-7-26-10-16/h3-15H,1-2H3,(H,31,36)(H,32,33)(H,34,35);3-14H,2H2,1H3,(H,30,35)(H,31,32)(H,33,34);3-13H,2H2,1H3,(H,30,35)(H,31,32)(H,33,34);3-14,33H,2H2,1H3,(H,29,30)(H,31,32). The normalized spacial score (nSPS) is 11.4. The predicted molar refractivity (Wildman–Crippen MR) is 544 cm³/mol.